The summed E-state index contributed by atoms with van der Waals surface area (Å²) >= 11 is 0. The SMILES string of the molecule is CCCOC(=O)c1cccc2nc3c(N)cccc3nc12. The summed E-state index contributed by atoms with van der Waals surface area (Å²) in [5, 5.41) is 0. The van der Waals surface area contributed by atoms with Crippen molar-refractivity contribution in [3.05, 3.63) is 42.0 Å². The van der Waals surface area contributed by atoms with Gasteiger partial charge in [0.05, 0.1) is 28.9 Å². The maximum absolute atomic E-state index is 12.1. The molecule has 3 aromatic rings. The van der Waals surface area contributed by atoms with Crippen molar-refractivity contribution in [2.75, 3.05) is 12.3 Å². The minimum atomic E-state index is -0.375. The number of benzene rings is 2. The highest BCUT2D eigenvalue weighted by atomic mass is 16.5. The van der Waals surface area contributed by atoms with E-state index in [2.05, 4.69) is 9.97 Å². The van der Waals surface area contributed by atoms with Crippen LogP contribution in [0.25, 0.3) is 22.1 Å². The number of para-hydroxylation sites is 2. The topological polar surface area (TPSA) is 78.1 Å². The Bertz CT molecular complexity index is 830. The molecule has 5 nitrogen and oxygen atoms in total. The van der Waals surface area contributed by atoms with Gasteiger partial charge < -0.3 is 10.5 Å². The molecule has 0 saturated carbocycles. The molecule has 2 N–H and O–H groups in total. The summed E-state index contributed by atoms with van der Waals surface area (Å²) < 4.78 is 5.19. The smallest absolute Gasteiger partial charge is 0.340 e. The summed E-state index contributed by atoms with van der Waals surface area (Å²) in [5.74, 6) is -0.375. The molecule has 0 aliphatic carbocycles. The third kappa shape index (κ3) is 2.38. The summed E-state index contributed by atoms with van der Waals surface area (Å²) in [6, 6.07) is 10.7. The lowest BCUT2D eigenvalue weighted by Gasteiger charge is -2.07. The minimum absolute atomic E-state index is 0.375. The molecule has 2 aromatic carbocycles. The van der Waals surface area contributed by atoms with Gasteiger partial charge in [0.1, 0.15) is 11.0 Å². The Morgan fingerprint density at radius 3 is 2.52 bits per heavy atom. The Morgan fingerprint density at radius 1 is 1.10 bits per heavy atom. The first kappa shape index (κ1) is 13.3. The van der Waals surface area contributed by atoms with Gasteiger partial charge in [-0.25, -0.2) is 14.8 Å². The van der Waals surface area contributed by atoms with Crippen molar-refractivity contribution in [1.82, 2.24) is 9.97 Å². The van der Waals surface area contributed by atoms with Gasteiger partial charge in [-0.3, -0.25) is 0 Å². The number of nitrogen functional groups attached to an aromatic ring is 1. The first-order valence-electron chi connectivity index (χ1n) is 6.83. The van der Waals surface area contributed by atoms with Crippen LogP contribution in [0.1, 0.15) is 23.7 Å². The summed E-state index contributed by atoms with van der Waals surface area (Å²) in [6.07, 6.45) is 0.779. The van der Waals surface area contributed by atoms with Crippen LogP contribution in [0.2, 0.25) is 0 Å². The van der Waals surface area contributed by atoms with Gasteiger partial charge in [-0.2, -0.15) is 0 Å². The molecule has 0 bridgehead atoms. The van der Waals surface area contributed by atoms with E-state index < -0.39 is 0 Å². The molecule has 106 valence electrons. The number of esters is 1. The number of hydrogen-bond acceptors (Lipinski definition) is 5. The first-order chi connectivity index (χ1) is 10.2. The minimum Gasteiger partial charge on any atom is -0.462 e. The molecule has 3 rings (SSSR count). The van der Waals surface area contributed by atoms with E-state index in [0.29, 0.717) is 39.9 Å². The maximum atomic E-state index is 12.1. The molecule has 1 heterocycles. The Balaban J connectivity index is 2.21. The molecule has 1 aromatic heterocycles. The second-order valence-corrected chi connectivity index (χ2v) is 4.75. The number of nitrogens with two attached hydrogens (primary N) is 1. The van der Waals surface area contributed by atoms with Crippen molar-refractivity contribution in [1.29, 1.82) is 0 Å². The van der Waals surface area contributed by atoms with Crippen molar-refractivity contribution in [3.8, 4) is 0 Å². The van der Waals surface area contributed by atoms with Crippen LogP contribution in [0, 0.1) is 0 Å². The van der Waals surface area contributed by atoms with E-state index in [1.165, 1.54) is 0 Å². The Labute approximate surface area is 121 Å². The lowest BCUT2D eigenvalue weighted by molar-refractivity contribution is 0.0507. The largest absolute Gasteiger partial charge is 0.462 e. The van der Waals surface area contributed by atoms with E-state index in [1.807, 2.05) is 25.1 Å². The van der Waals surface area contributed by atoms with Crippen molar-refractivity contribution in [2.45, 2.75) is 13.3 Å². The molecule has 21 heavy (non-hydrogen) atoms. The molecule has 0 unspecified atom stereocenters. The summed E-state index contributed by atoms with van der Waals surface area (Å²) in [5.41, 5.74) is 9.39. The summed E-state index contributed by atoms with van der Waals surface area (Å²) in [4.78, 5) is 21.1. The molecule has 0 atom stereocenters. The number of carbonyl (C=O) groups is 1. The zero-order valence-corrected chi connectivity index (χ0v) is 11.7. The number of nitrogens with zero attached hydrogens (tertiary/aromatic N) is 2. The van der Waals surface area contributed by atoms with Crippen molar-refractivity contribution < 1.29 is 9.53 Å². The van der Waals surface area contributed by atoms with E-state index in [-0.39, 0.29) is 5.97 Å². The highest BCUT2D eigenvalue weighted by Crippen LogP contribution is 2.23. The highest BCUT2D eigenvalue weighted by Gasteiger charge is 2.14. The highest BCUT2D eigenvalue weighted by molar-refractivity contribution is 6.04. The normalized spacial score (nSPS) is 10.9. The van der Waals surface area contributed by atoms with Crippen LogP contribution >= 0.6 is 0 Å². The lowest BCUT2D eigenvalue weighted by Crippen LogP contribution is -2.07. The number of fused-ring (bicyclic) bond motifs is 2. The van der Waals surface area contributed by atoms with Crippen molar-refractivity contribution in [3.63, 3.8) is 0 Å². The number of ether oxygens (including phenoxy) is 1. The molecular weight excluding hydrogens is 266 g/mol. The molecule has 0 spiro atoms. The summed E-state index contributed by atoms with van der Waals surface area (Å²) in [7, 11) is 0. The number of rotatable bonds is 3. The number of aromatic nitrogens is 2. The van der Waals surface area contributed by atoms with Crippen LogP contribution in [0.4, 0.5) is 5.69 Å². The van der Waals surface area contributed by atoms with Gasteiger partial charge in [0.15, 0.2) is 0 Å². The molecule has 0 amide bonds. The Morgan fingerprint density at radius 2 is 1.76 bits per heavy atom. The fourth-order valence-corrected chi connectivity index (χ4v) is 2.18. The van der Waals surface area contributed by atoms with Gasteiger partial charge in [-0.1, -0.05) is 19.1 Å². The fraction of sp³-hybridized carbons (Fsp3) is 0.188. The Kier molecular flexibility index (Phi) is 3.39. The van der Waals surface area contributed by atoms with Crippen molar-refractivity contribution in [2.24, 2.45) is 0 Å². The fourth-order valence-electron chi connectivity index (χ4n) is 2.18. The maximum Gasteiger partial charge on any atom is 0.340 e. The van der Waals surface area contributed by atoms with Crippen LogP contribution in [0.3, 0.4) is 0 Å². The molecule has 0 fully saturated rings. The molecular formula is C16H15N3O2. The van der Waals surface area contributed by atoms with E-state index in [1.54, 1.807) is 18.2 Å². The molecule has 0 aliphatic heterocycles. The van der Waals surface area contributed by atoms with E-state index in [4.69, 9.17) is 10.5 Å². The predicted octanol–water partition coefficient (Wildman–Crippen LogP) is 2.93. The summed E-state index contributed by atoms with van der Waals surface area (Å²) in [6.45, 7) is 2.34. The van der Waals surface area contributed by atoms with E-state index in [0.717, 1.165) is 6.42 Å². The molecule has 5 heteroatoms. The predicted molar refractivity (Wildman–Crippen MR) is 82.0 cm³/mol. The standard InChI is InChI=1S/C16H15N3O2/c1-2-9-21-16(20)10-5-3-7-12-14(10)18-13-8-4-6-11(17)15(13)19-12/h3-8H,2,9,17H2,1H3. The lowest BCUT2D eigenvalue weighted by atomic mass is 10.1. The zero-order chi connectivity index (χ0) is 14.8. The third-order valence-electron chi connectivity index (χ3n) is 3.18. The second-order valence-electron chi connectivity index (χ2n) is 4.75. The van der Waals surface area contributed by atoms with Gasteiger partial charge in [0, 0.05) is 0 Å². The van der Waals surface area contributed by atoms with Gasteiger partial charge in [0.25, 0.3) is 0 Å². The average molecular weight is 281 g/mol. The third-order valence-corrected chi connectivity index (χ3v) is 3.18. The van der Waals surface area contributed by atoms with Crippen LogP contribution in [-0.4, -0.2) is 22.5 Å². The van der Waals surface area contributed by atoms with Gasteiger partial charge in [-0.15, -0.1) is 0 Å². The van der Waals surface area contributed by atoms with Crippen LogP contribution < -0.4 is 5.73 Å². The number of hydrogen-bond donors (Lipinski definition) is 1. The van der Waals surface area contributed by atoms with Gasteiger partial charge in [0.2, 0.25) is 0 Å². The van der Waals surface area contributed by atoms with E-state index >= 15 is 0 Å². The molecule has 0 aliphatic rings. The quantitative estimate of drug-likeness (QED) is 0.453. The average Bonchev–Trinajstić information content (AvgIpc) is 2.51. The van der Waals surface area contributed by atoms with Gasteiger partial charge >= 0.3 is 5.97 Å². The zero-order valence-electron chi connectivity index (χ0n) is 11.7. The number of carbonyl (C=O) groups excluding carboxylic acids is 1. The molecule has 0 radical (unpaired) electrons. The number of anilines is 1. The van der Waals surface area contributed by atoms with E-state index in [9.17, 15) is 4.79 Å². The first-order valence-corrected chi connectivity index (χ1v) is 6.83. The van der Waals surface area contributed by atoms with Crippen LogP contribution in [-0.2, 0) is 4.74 Å². The molecule has 0 saturated heterocycles. The van der Waals surface area contributed by atoms with Crippen LogP contribution in [0.5, 0.6) is 0 Å². The van der Waals surface area contributed by atoms with Crippen molar-refractivity contribution >= 4 is 33.7 Å². The van der Waals surface area contributed by atoms with Crippen LogP contribution in [0.15, 0.2) is 36.4 Å². The monoisotopic (exact) mass is 281 g/mol. The second kappa shape index (κ2) is 5.36. The Hall–Kier alpha value is -2.69. The van der Waals surface area contributed by atoms with Gasteiger partial charge in [-0.05, 0) is 30.7 Å².